The summed E-state index contributed by atoms with van der Waals surface area (Å²) in [5.41, 5.74) is 2.42. The zero-order valence-electron chi connectivity index (χ0n) is 10.1. The van der Waals surface area contributed by atoms with Crippen LogP contribution in [0.15, 0.2) is 24.3 Å². The normalized spacial score (nSPS) is 24.6. The maximum atomic E-state index is 6.35. The Morgan fingerprint density at radius 2 is 2.18 bits per heavy atom. The second kappa shape index (κ2) is 4.34. The molecule has 0 amide bonds. The number of rotatable bonds is 2. The molecule has 2 nitrogen and oxygen atoms in total. The summed E-state index contributed by atoms with van der Waals surface area (Å²) in [6.07, 6.45) is 4.70. The van der Waals surface area contributed by atoms with Gasteiger partial charge in [0.2, 0.25) is 0 Å². The van der Waals surface area contributed by atoms with Crippen molar-refractivity contribution in [3.63, 3.8) is 0 Å². The third-order valence-corrected chi connectivity index (χ3v) is 4.43. The smallest absolute Gasteiger partial charge is 0.0706 e. The van der Waals surface area contributed by atoms with E-state index < -0.39 is 0 Å². The molecule has 1 heterocycles. The molecule has 0 bridgehead atoms. The van der Waals surface area contributed by atoms with E-state index in [0.717, 1.165) is 12.8 Å². The highest BCUT2D eigenvalue weighted by molar-refractivity contribution is 6.20. The number of hydrogen-bond acceptors (Lipinski definition) is 1. The Labute approximate surface area is 107 Å². The van der Waals surface area contributed by atoms with E-state index >= 15 is 0 Å². The lowest BCUT2D eigenvalue weighted by Gasteiger charge is -2.11. The number of para-hydroxylation sites is 1. The lowest BCUT2D eigenvalue weighted by atomic mass is 9.99. The maximum absolute atomic E-state index is 6.35. The number of hydrogen-bond donors (Lipinski definition) is 0. The van der Waals surface area contributed by atoms with Crippen molar-refractivity contribution in [3.05, 3.63) is 30.0 Å². The molecule has 0 spiro atoms. The number of alkyl halides is 1. The summed E-state index contributed by atoms with van der Waals surface area (Å²) in [5, 5.41) is 6.27. The second-order valence-corrected chi connectivity index (χ2v) is 5.56. The van der Waals surface area contributed by atoms with Gasteiger partial charge in [0.25, 0.3) is 0 Å². The molecule has 1 aromatic carbocycles. The Balaban J connectivity index is 1.95. The van der Waals surface area contributed by atoms with Gasteiger partial charge in [-0.15, -0.1) is 11.6 Å². The van der Waals surface area contributed by atoms with E-state index in [0.29, 0.717) is 11.3 Å². The monoisotopic (exact) mass is 248 g/mol. The first-order valence-corrected chi connectivity index (χ1v) is 6.74. The molecule has 1 saturated carbocycles. The lowest BCUT2D eigenvalue weighted by Crippen LogP contribution is -2.10. The molecule has 90 valence electrons. The van der Waals surface area contributed by atoms with Gasteiger partial charge in [-0.3, -0.25) is 4.68 Å². The van der Waals surface area contributed by atoms with Gasteiger partial charge in [-0.05, 0) is 31.2 Å². The number of halogens is 1. The third kappa shape index (κ3) is 1.95. The summed E-state index contributed by atoms with van der Waals surface area (Å²) in [6.45, 7) is 0. The minimum absolute atomic E-state index is 0.343. The predicted molar refractivity (Wildman–Crippen MR) is 71.4 cm³/mol. The van der Waals surface area contributed by atoms with E-state index in [4.69, 9.17) is 11.6 Å². The van der Waals surface area contributed by atoms with Crippen molar-refractivity contribution in [3.8, 4) is 0 Å². The fraction of sp³-hybridized carbons (Fsp3) is 0.500. The Kier molecular flexibility index (Phi) is 2.83. The molecule has 0 aliphatic heterocycles. The number of nitrogens with zero attached hydrogens (tertiary/aromatic N) is 2. The fourth-order valence-corrected chi connectivity index (χ4v) is 3.28. The standard InChI is InChI=1S/C14H17ClN2/c1-17-14-8-3-2-6-11(14)13(16-17)9-10-5-4-7-12(10)15/h2-3,6,8,10,12H,4-5,7,9H2,1H3. The highest BCUT2D eigenvalue weighted by atomic mass is 35.5. The van der Waals surface area contributed by atoms with Gasteiger partial charge in [0.15, 0.2) is 0 Å². The molecule has 3 heteroatoms. The van der Waals surface area contributed by atoms with Gasteiger partial charge < -0.3 is 0 Å². The summed E-state index contributed by atoms with van der Waals surface area (Å²) >= 11 is 6.35. The van der Waals surface area contributed by atoms with E-state index in [1.54, 1.807) is 0 Å². The van der Waals surface area contributed by atoms with Crippen molar-refractivity contribution in [2.45, 2.75) is 31.1 Å². The maximum Gasteiger partial charge on any atom is 0.0706 e. The molecule has 17 heavy (non-hydrogen) atoms. The molecule has 2 unspecified atom stereocenters. The molecule has 2 aromatic rings. The number of fused-ring (bicyclic) bond motifs is 1. The molecular formula is C14H17ClN2. The average Bonchev–Trinajstić information content (AvgIpc) is 2.87. The highest BCUT2D eigenvalue weighted by Crippen LogP contribution is 2.33. The molecule has 3 rings (SSSR count). The Bertz CT molecular complexity index is 532. The van der Waals surface area contributed by atoms with Crippen LogP contribution in [0.1, 0.15) is 25.0 Å². The first-order valence-electron chi connectivity index (χ1n) is 6.30. The van der Waals surface area contributed by atoms with E-state index in [2.05, 4.69) is 29.4 Å². The Morgan fingerprint density at radius 1 is 1.35 bits per heavy atom. The topological polar surface area (TPSA) is 17.8 Å². The molecular weight excluding hydrogens is 232 g/mol. The van der Waals surface area contributed by atoms with Gasteiger partial charge in [0.05, 0.1) is 11.2 Å². The van der Waals surface area contributed by atoms with Crippen LogP contribution in [-0.4, -0.2) is 15.2 Å². The van der Waals surface area contributed by atoms with Crippen LogP contribution >= 0.6 is 11.6 Å². The second-order valence-electron chi connectivity index (χ2n) is 5.00. The zero-order chi connectivity index (χ0) is 11.8. The van der Waals surface area contributed by atoms with Gasteiger partial charge in [-0.2, -0.15) is 5.10 Å². The van der Waals surface area contributed by atoms with Gasteiger partial charge in [0.1, 0.15) is 0 Å². The largest absolute Gasteiger partial charge is 0.268 e. The van der Waals surface area contributed by atoms with Crippen molar-refractivity contribution in [2.24, 2.45) is 13.0 Å². The molecule has 1 aliphatic carbocycles. The van der Waals surface area contributed by atoms with Crippen molar-refractivity contribution in [1.82, 2.24) is 9.78 Å². The Hall–Kier alpha value is -1.02. The molecule has 0 radical (unpaired) electrons. The predicted octanol–water partition coefficient (Wildman–Crippen LogP) is 3.52. The molecule has 2 atom stereocenters. The summed E-state index contributed by atoms with van der Waals surface area (Å²) in [5.74, 6) is 0.606. The Morgan fingerprint density at radius 3 is 2.94 bits per heavy atom. The summed E-state index contributed by atoms with van der Waals surface area (Å²) in [4.78, 5) is 0. The van der Waals surface area contributed by atoms with Gasteiger partial charge >= 0.3 is 0 Å². The van der Waals surface area contributed by atoms with Crippen LogP contribution in [0.2, 0.25) is 0 Å². The quantitative estimate of drug-likeness (QED) is 0.744. The van der Waals surface area contributed by atoms with Crippen molar-refractivity contribution in [1.29, 1.82) is 0 Å². The van der Waals surface area contributed by atoms with Crippen LogP contribution in [0.3, 0.4) is 0 Å². The minimum atomic E-state index is 0.343. The van der Waals surface area contributed by atoms with Crippen LogP contribution in [0.5, 0.6) is 0 Å². The average molecular weight is 249 g/mol. The summed E-state index contributed by atoms with van der Waals surface area (Å²) in [6, 6.07) is 8.43. The number of benzene rings is 1. The van der Waals surface area contributed by atoms with Crippen LogP contribution < -0.4 is 0 Å². The van der Waals surface area contributed by atoms with E-state index in [9.17, 15) is 0 Å². The van der Waals surface area contributed by atoms with Crippen LogP contribution in [0.4, 0.5) is 0 Å². The third-order valence-electron chi connectivity index (χ3n) is 3.86. The molecule has 0 saturated heterocycles. The zero-order valence-corrected chi connectivity index (χ0v) is 10.8. The summed E-state index contributed by atoms with van der Waals surface area (Å²) in [7, 11) is 2.01. The van der Waals surface area contributed by atoms with Crippen molar-refractivity contribution in [2.75, 3.05) is 0 Å². The lowest BCUT2D eigenvalue weighted by molar-refractivity contribution is 0.541. The fourth-order valence-electron chi connectivity index (χ4n) is 2.91. The highest BCUT2D eigenvalue weighted by Gasteiger charge is 2.26. The van der Waals surface area contributed by atoms with Gasteiger partial charge in [-0.1, -0.05) is 24.6 Å². The van der Waals surface area contributed by atoms with Crippen LogP contribution in [-0.2, 0) is 13.5 Å². The molecule has 1 aromatic heterocycles. The first-order chi connectivity index (χ1) is 8.25. The summed E-state index contributed by atoms with van der Waals surface area (Å²) < 4.78 is 1.98. The number of aromatic nitrogens is 2. The minimum Gasteiger partial charge on any atom is -0.268 e. The molecule has 1 aliphatic rings. The van der Waals surface area contributed by atoms with Crippen molar-refractivity contribution < 1.29 is 0 Å². The van der Waals surface area contributed by atoms with Crippen molar-refractivity contribution >= 4 is 22.5 Å². The van der Waals surface area contributed by atoms with Gasteiger partial charge in [-0.25, -0.2) is 0 Å². The van der Waals surface area contributed by atoms with E-state index in [-0.39, 0.29) is 0 Å². The molecule has 0 N–H and O–H groups in total. The van der Waals surface area contributed by atoms with Gasteiger partial charge in [0, 0.05) is 17.8 Å². The van der Waals surface area contributed by atoms with Crippen LogP contribution in [0, 0.1) is 5.92 Å². The SMILES string of the molecule is Cn1nc(CC2CCCC2Cl)c2ccccc21. The molecule has 1 fully saturated rings. The first kappa shape index (κ1) is 11.1. The number of aryl methyl sites for hydroxylation is 1. The van der Waals surface area contributed by atoms with Crippen LogP contribution in [0.25, 0.3) is 10.9 Å². The van der Waals surface area contributed by atoms with E-state index in [1.807, 2.05) is 11.7 Å². The van der Waals surface area contributed by atoms with E-state index in [1.165, 1.54) is 29.4 Å².